The van der Waals surface area contributed by atoms with Crippen molar-refractivity contribution < 1.29 is 28.3 Å². The third-order valence-corrected chi connectivity index (χ3v) is 9.09. The number of aliphatic imine (C=N–C) groups is 1. The summed E-state index contributed by atoms with van der Waals surface area (Å²) in [7, 11) is -0.0786. The highest BCUT2D eigenvalue weighted by molar-refractivity contribution is 6.43. The van der Waals surface area contributed by atoms with Gasteiger partial charge in [0.25, 0.3) is 0 Å². The van der Waals surface area contributed by atoms with Crippen LogP contribution in [0.1, 0.15) is 33.6 Å². The first-order valence-electron chi connectivity index (χ1n) is 15.4. The molecule has 7 aromatic rings. The van der Waals surface area contributed by atoms with Crippen LogP contribution in [0, 0.1) is 0 Å². The molecular formula is C38H27BF2N4O4. The Morgan fingerprint density at radius 1 is 0.776 bits per heavy atom. The molecule has 0 bridgehead atoms. The summed E-state index contributed by atoms with van der Waals surface area (Å²) < 4.78 is 43.6. The maximum absolute atomic E-state index is 15.9. The number of aromatic hydroxyl groups is 2. The van der Waals surface area contributed by atoms with Crippen molar-refractivity contribution in [1.82, 2.24) is 14.4 Å². The van der Waals surface area contributed by atoms with Crippen LogP contribution in [-0.2, 0) is 6.42 Å². The second-order valence-corrected chi connectivity index (χ2v) is 11.7. The number of hydrogen-bond acceptors (Lipinski definition) is 7. The summed E-state index contributed by atoms with van der Waals surface area (Å²) in [6.45, 7) is 0. The number of halogens is 2. The van der Waals surface area contributed by atoms with E-state index in [0.29, 0.717) is 38.9 Å². The topological polar surface area (TPSA) is 102 Å². The van der Waals surface area contributed by atoms with Gasteiger partial charge in [0.05, 0.1) is 25.6 Å². The van der Waals surface area contributed by atoms with Gasteiger partial charge in [0.15, 0.2) is 23.0 Å². The van der Waals surface area contributed by atoms with Crippen LogP contribution < -0.4 is 9.47 Å². The Balaban J connectivity index is 1.52. The largest absolute Gasteiger partial charge is 0.677 e. The van der Waals surface area contributed by atoms with Crippen molar-refractivity contribution in [3.63, 3.8) is 0 Å². The predicted molar refractivity (Wildman–Crippen MR) is 188 cm³/mol. The van der Waals surface area contributed by atoms with E-state index in [9.17, 15) is 10.2 Å². The number of phenols is 2. The molecule has 49 heavy (non-hydrogen) atoms. The van der Waals surface area contributed by atoms with E-state index in [0.717, 1.165) is 37.1 Å². The fraction of sp³-hybridized carbons (Fsp3) is 0.0789. The molecule has 1 aliphatic rings. The molecule has 0 atom stereocenters. The Morgan fingerprint density at radius 2 is 1.45 bits per heavy atom. The van der Waals surface area contributed by atoms with Gasteiger partial charge in [0, 0.05) is 81.4 Å². The van der Waals surface area contributed by atoms with Crippen molar-refractivity contribution in [2.75, 3.05) is 14.2 Å². The van der Waals surface area contributed by atoms with Crippen LogP contribution in [0.15, 0.2) is 103 Å². The van der Waals surface area contributed by atoms with Gasteiger partial charge < -0.3 is 24.2 Å². The maximum Gasteiger partial charge on any atom is 0.677 e. The summed E-state index contributed by atoms with van der Waals surface area (Å²) in [5, 5.41) is 25.5. The van der Waals surface area contributed by atoms with Crippen LogP contribution in [-0.4, -0.2) is 52.5 Å². The first-order valence-corrected chi connectivity index (χ1v) is 15.4. The minimum Gasteiger partial charge on any atom is -0.504 e. The van der Waals surface area contributed by atoms with Gasteiger partial charge in [-0.05, 0) is 58.3 Å². The van der Waals surface area contributed by atoms with Crippen molar-refractivity contribution in [3.05, 3.63) is 131 Å². The lowest BCUT2D eigenvalue weighted by Gasteiger charge is -2.18. The van der Waals surface area contributed by atoms with E-state index in [1.54, 1.807) is 55.3 Å². The molecule has 0 unspecified atom stereocenters. The highest BCUT2D eigenvalue weighted by Crippen LogP contribution is 2.46. The molecule has 0 spiro atoms. The van der Waals surface area contributed by atoms with Crippen molar-refractivity contribution in [2.45, 2.75) is 6.42 Å². The summed E-state index contributed by atoms with van der Waals surface area (Å²) in [5.41, 5.74) is 4.37. The standard InChI is InChI=1S/C38H27BF2N4O4/c1-48-33-16-21(3-9-31(33)46)15-30-36-26-12-14-43-19-24(26)5-8-28(36)38(45(30)39(40)41)35(22-6-10-32(47)34(17-22)49-2)37-27-7-4-23-18-42-13-11-25(23)29(27)20-44-37/h3-14,16-20,46-47H,15H2,1-2H3/b37-35-. The molecule has 0 saturated heterocycles. The van der Waals surface area contributed by atoms with Crippen LogP contribution >= 0.6 is 0 Å². The molecule has 0 amide bonds. The van der Waals surface area contributed by atoms with Crippen molar-refractivity contribution in [3.8, 4) is 23.0 Å². The smallest absolute Gasteiger partial charge is 0.504 e. The number of benzene rings is 4. The van der Waals surface area contributed by atoms with Crippen molar-refractivity contribution in [2.24, 2.45) is 4.99 Å². The van der Waals surface area contributed by atoms with E-state index in [-0.39, 0.29) is 35.1 Å². The molecule has 8 rings (SSSR count). The van der Waals surface area contributed by atoms with E-state index in [1.165, 1.54) is 26.4 Å². The number of methoxy groups -OCH3 is 2. The lowest BCUT2D eigenvalue weighted by Crippen LogP contribution is -2.19. The molecule has 2 N–H and O–H groups in total. The molecule has 0 radical (unpaired) electrons. The Bertz CT molecular complexity index is 2530. The number of aromatic nitrogens is 3. The minimum atomic E-state index is -2.96. The third-order valence-electron chi connectivity index (χ3n) is 9.09. The van der Waals surface area contributed by atoms with Crippen LogP contribution in [0.5, 0.6) is 23.0 Å². The van der Waals surface area contributed by atoms with E-state index in [4.69, 9.17) is 14.5 Å². The number of ether oxygens (including phenoxy) is 2. The average molecular weight is 652 g/mol. The predicted octanol–water partition coefficient (Wildman–Crippen LogP) is 7.88. The van der Waals surface area contributed by atoms with Gasteiger partial charge in [-0.2, -0.15) is 0 Å². The maximum atomic E-state index is 15.9. The van der Waals surface area contributed by atoms with E-state index < -0.39 is 7.40 Å². The first-order chi connectivity index (χ1) is 23.9. The number of pyridine rings is 2. The fourth-order valence-corrected chi connectivity index (χ4v) is 6.89. The van der Waals surface area contributed by atoms with E-state index in [2.05, 4.69) is 9.97 Å². The molecule has 3 aromatic heterocycles. The lowest BCUT2D eigenvalue weighted by atomic mass is 9.91. The summed E-state index contributed by atoms with van der Waals surface area (Å²) in [6.07, 6.45) is 8.70. The van der Waals surface area contributed by atoms with Crippen LogP contribution in [0.3, 0.4) is 0 Å². The minimum absolute atomic E-state index is 0.0491. The molecule has 1 aliphatic heterocycles. The molecule has 4 aromatic carbocycles. The Hall–Kier alpha value is -6.23. The number of phenolic OH excluding ortho intramolecular Hbond substituents is 2. The van der Waals surface area contributed by atoms with Gasteiger partial charge >= 0.3 is 7.40 Å². The molecular weight excluding hydrogens is 625 g/mol. The van der Waals surface area contributed by atoms with E-state index in [1.807, 2.05) is 36.4 Å². The monoisotopic (exact) mass is 652 g/mol. The summed E-state index contributed by atoms with van der Waals surface area (Å²) in [4.78, 5) is 13.4. The summed E-state index contributed by atoms with van der Waals surface area (Å²) in [6, 6.07) is 21.0. The quantitative estimate of drug-likeness (QED) is 0.170. The second kappa shape index (κ2) is 11.8. The zero-order valence-corrected chi connectivity index (χ0v) is 26.4. The van der Waals surface area contributed by atoms with Crippen LogP contribution in [0.4, 0.5) is 8.63 Å². The van der Waals surface area contributed by atoms with Gasteiger partial charge in [0.2, 0.25) is 0 Å². The SMILES string of the molecule is COc1cc(Cc2c3c(ccc4cnccc43)c(/C(=C3\N=Cc4c3ccc3cnccc43)c3ccc(O)c(OC)c3)n2B(F)F)ccc1O. The van der Waals surface area contributed by atoms with Gasteiger partial charge in [0.1, 0.15) is 0 Å². The molecule has 240 valence electrons. The third kappa shape index (κ3) is 4.85. The Labute approximate surface area is 279 Å². The molecule has 0 aliphatic carbocycles. The highest BCUT2D eigenvalue weighted by atomic mass is 19.2. The lowest BCUT2D eigenvalue weighted by molar-refractivity contribution is 0.373. The van der Waals surface area contributed by atoms with Crippen LogP contribution in [0.25, 0.3) is 43.6 Å². The fourth-order valence-electron chi connectivity index (χ4n) is 6.89. The van der Waals surface area contributed by atoms with Gasteiger partial charge in [-0.3, -0.25) is 23.6 Å². The number of rotatable bonds is 7. The second-order valence-electron chi connectivity index (χ2n) is 11.7. The zero-order valence-electron chi connectivity index (χ0n) is 26.4. The summed E-state index contributed by atoms with van der Waals surface area (Å²) in [5.74, 6) is 0.297. The number of nitrogens with zero attached hydrogens (tertiary/aromatic N) is 4. The zero-order chi connectivity index (χ0) is 33.8. The van der Waals surface area contributed by atoms with Crippen LogP contribution in [0.2, 0.25) is 0 Å². The molecule has 0 saturated carbocycles. The molecule has 8 nitrogen and oxygen atoms in total. The molecule has 4 heterocycles. The molecule has 11 heteroatoms. The van der Waals surface area contributed by atoms with Gasteiger partial charge in [-0.15, -0.1) is 0 Å². The first kappa shape index (κ1) is 30.1. The number of hydrogen-bond donors (Lipinski definition) is 2. The van der Waals surface area contributed by atoms with Crippen molar-refractivity contribution >= 4 is 57.2 Å². The molecule has 0 fully saturated rings. The Kier molecular flexibility index (Phi) is 7.25. The van der Waals surface area contributed by atoms with Crippen molar-refractivity contribution in [1.29, 1.82) is 0 Å². The van der Waals surface area contributed by atoms with E-state index >= 15 is 8.63 Å². The normalized spacial score (nSPS) is 13.3. The van der Waals surface area contributed by atoms with Gasteiger partial charge in [-0.25, -0.2) is 0 Å². The Morgan fingerprint density at radius 3 is 2.18 bits per heavy atom. The highest BCUT2D eigenvalue weighted by Gasteiger charge is 2.33. The number of fused-ring (bicyclic) bond motifs is 6. The van der Waals surface area contributed by atoms with Gasteiger partial charge in [-0.1, -0.05) is 36.4 Å². The average Bonchev–Trinajstić information content (AvgIpc) is 3.70. The summed E-state index contributed by atoms with van der Waals surface area (Å²) >= 11 is 0.